The number of piperidine rings is 1. The van der Waals surface area contributed by atoms with E-state index in [1.807, 2.05) is 0 Å². The Bertz CT molecular complexity index is 499. The minimum absolute atomic E-state index is 0.0415. The summed E-state index contributed by atoms with van der Waals surface area (Å²) in [6, 6.07) is 4.09. The predicted octanol–water partition coefficient (Wildman–Crippen LogP) is 3.19. The van der Waals surface area contributed by atoms with Crippen LogP contribution in [-0.4, -0.2) is 37.0 Å². The molecule has 0 bridgehead atoms. The molecule has 1 aliphatic heterocycles. The Hall–Kier alpha value is -1.13. The topological polar surface area (TPSA) is 32.3 Å². The van der Waals surface area contributed by atoms with Gasteiger partial charge in [-0.3, -0.25) is 4.79 Å². The van der Waals surface area contributed by atoms with Crippen molar-refractivity contribution in [2.24, 2.45) is 11.8 Å². The van der Waals surface area contributed by atoms with Gasteiger partial charge < -0.3 is 10.2 Å². The Kier molecular flexibility index (Phi) is 5.59. The number of carbonyl (C=O) groups excluding carboxylic acids is 1. The Morgan fingerprint density at radius 1 is 1.38 bits per heavy atom. The molecule has 1 N–H and O–H groups in total. The van der Waals surface area contributed by atoms with Crippen molar-refractivity contribution in [3.63, 3.8) is 0 Å². The minimum atomic E-state index is -0.583. The Morgan fingerprint density at radius 2 is 2.05 bits per heavy atom. The fraction of sp³-hybridized carbons (Fsp3) is 0.562. The van der Waals surface area contributed by atoms with Crippen molar-refractivity contribution in [1.29, 1.82) is 0 Å². The summed E-state index contributed by atoms with van der Waals surface area (Å²) in [6.07, 6.45) is 1.26. The molecule has 1 saturated heterocycles. The van der Waals surface area contributed by atoms with Gasteiger partial charge in [-0.25, -0.2) is 4.39 Å². The molecule has 2 rings (SSSR count). The number of hydrogen-bond donors (Lipinski definition) is 1. The highest BCUT2D eigenvalue weighted by Gasteiger charge is 2.21. The highest BCUT2D eigenvalue weighted by Crippen LogP contribution is 2.20. The number of hydrogen-bond acceptors (Lipinski definition) is 2. The van der Waals surface area contributed by atoms with Crippen LogP contribution < -0.4 is 5.32 Å². The summed E-state index contributed by atoms with van der Waals surface area (Å²) in [7, 11) is 0. The van der Waals surface area contributed by atoms with E-state index < -0.39 is 5.82 Å². The van der Waals surface area contributed by atoms with Crippen LogP contribution in [0.5, 0.6) is 0 Å². The SMILES string of the molecule is C[C@@H]1C[C@H](C)CN(CCNC(=O)c2ccc(Cl)cc2F)C1. The van der Waals surface area contributed by atoms with Crippen molar-refractivity contribution < 1.29 is 9.18 Å². The second kappa shape index (κ2) is 7.23. The second-order valence-corrected chi connectivity index (χ2v) is 6.52. The number of halogens is 2. The maximum atomic E-state index is 13.6. The highest BCUT2D eigenvalue weighted by atomic mass is 35.5. The van der Waals surface area contributed by atoms with Crippen LogP contribution in [0, 0.1) is 17.7 Å². The number of rotatable bonds is 4. The first-order valence-corrected chi connectivity index (χ1v) is 7.79. The van der Waals surface area contributed by atoms with E-state index in [1.54, 1.807) is 0 Å². The van der Waals surface area contributed by atoms with Crippen LogP contribution in [0.4, 0.5) is 4.39 Å². The van der Waals surface area contributed by atoms with Crippen LogP contribution >= 0.6 is 11.6 Å². The average Bonchev–Trinajstić information content (AvgIpc) is 2.37. The molecule has 21 heavy (non-hydrogen) atoms. The summed E-state index contributed by atoms with van der Waals surface area (Å²) in [5.74, 6) is 0.416. The van der Waals surface area contributed by atoms with Gasteiger partial charge in [0, 0.05) is 31.2 Å². The van der Waals surface area contributed by atoms with Crippen LogP contribution in [0.1, 0.15) is 30.6 Å². The predicted molar refractivity (Wildman–Crippen MR) is 83.1 cm³/mol. The smallest absolute Gasteiger partial charge is 0.254 e. The largest absolute Gasteiger partial charge is 0.351 e. The monoisotopic (exact) mass is 312 g/mol. The zero-order valence-electron chi connectivity index (χ0n) is 12.5. The zero-order valence-corrected chi connectivity index (χ0v) is 13.3. The third-order valence-electron chi connectivity index (χ3n) is 3.83. The quantitative estimate of drug-likeness (QED) is 0.926. The summed E-state index contributed by atoms with van der Waals surface area (Å²) in [5, 5.41) is 3.06. The lowest BCUT2D eigenvalue weighted by atomic mass is 9.92. The summed E-state index contributed by atoms with van der Waals surface area (Å²) >= 11 is 5.68. The van der Waals surface area contributed by atoms with E-state index >= 15 is 0 Å². The van der Waals surface area contributed by atoms with E-state index in [4.69, 9.17) is 11.6 Å². The number of amides is 1. The molecule has 0 saturated carbocycles. The van der Waals surface area contributed by atoms with Gasteiger partial charge in [0.2, 0.25) is 0 Å². The molecule has 3 nitrogen and oxygen atoms in total. The first kappa shape index (κ1) is 16.2. The highest BCUT2D eigenvalue weighted by molar-refractivity contribution is 6.30. The fourth-order valence-corrected chi connectivity index (χ4v) is 3.23. The Balaban J connectivity index is 1.81. The standard InChI is InChI=1S/C16H22ClFN2O/c1-11-7-12(2)10-20(9-11)6-5-19-16(21)14-4-3-13(17)8-15(14)18/h3-4,8,11-12H,5-7,9-10H2,1-2H3,(H,19,21)/t11-,12+. The molecule has 0 radical (unpaired) electrons. The lowest BCUT2D eigenvalue weighted by Crippen LogP contribution is -2.42. The molecule has 116 valence electrons. The van der Waals surface area contributed by atoms with E-state index in [9.17, 15) is 9.18 Å². The van der Waals surface area contributed by atoms with E-state index in [-0.39, 0.29) is 11.5 Å². The van der Waals surface area contributed by atoms with Crippen LogP contribution in [0.15, 0.2) is 18.2 Å². The lowest BCUT2D eigenvalue weighted by Gasteiger charge is -2.34. The Morgan fingerprint density at radius 3 is 2.67 bits per heavy atom. The molecular weight excluding hydrogens is 291 g/mol. The van der Waals surface area contributed by atoms with E-state index in [0.29, 0.717) is 23.4 Å². The average molecular weight is 313 g/mol. The molecule has 1 heterocycles. The number of nitrogens with zero attached hydrogens (tertiary/aromatic N) is 1. The van der Waals surface area contributed by atoms with Gasteiger partial charge in [-0.1, -0.05) is 25.4 Å². The molecule has 1 fully saturated rings. The molecule has 5 heteroatoms. The normalized spacial score (nSPS) is 23.0. The van der Waals surface area contributed by atoms with Crippen molar-refractivity contribution in [3.05, 3.63) is 34.6 Å². The van der Waals surface area contributed by atoms with Crippen LogP contribution in [0.3, 0.4) is 0 Å². The molecule has 1 aromatic rings. The first-order valence-electron chi connectivity index (χ1n) is 7.41. The number of nitrogens with one attached hydrogen (secondary N) is 1. The lowest BCUT2D eigenvalue weighted by molar-refractivity contribution is 0.0932. The van der Waals surface area contributed by atoms with Gasteiger partial charge in [-0.2, -0.15) is 0 Å². The van der Waals surface area contributed by atoms with E-state index in [0.717, 1.165) is 25.7 Å². The van der Waals surface area contributed by atoms with Crippen LogP contribution in [0.25, 0.3) is 0 Å². The van der Waals surface area contributed by atoms with Crippen molar-refractivity contribution >= 4 is 17.5 Å². The number of benzene rings is 1. The van der Waals surface area contributed by atoms with Crippen molar-refractivity contribution in [3.8, 4) is 0 Å². The summed E-state index contributed by atoms with van der Waals surface area (Å²) in [4.78, 5) is 14.3. The van der Waals surface area contributed by atoms with Crippen LogP contribution in [-0.2, 0) is 0 Å². The third-order valence-corrected chi connectivity index (χ3v) is 4.07. The molecule has 0 aliphatic carbocycles. The van der Waals surface area contributed by atoms with E-state index in [2.05, 4.69) is 24.1 Å². The molecule has 1 amide bonds. The minimum Gasteiger partial charge on any atom is -0.351 e. The maximum Gasteiger partial charge on any atom is 0.254 e. The van der Waals surface area contributed by atoms with Gasteiger partial charge in [-0.05, 0) is 36.5 Å². The molecule has 1 aliphatic rings. The third kappa shape index (κ3) is 4.68. The molecule has 0 spiro atoms. The molecule has 0 unspecified atom stereocenters. The summed E-state index contributed by atoms with van der Waals surface area (Å²) in [5.41, 5.74) is 0.0415. The molecular formula is C16H22ClFN2O. The molecule has 1 aromatic carbocycles. The fourth-order valence-electron chi connectivity index (χ4n) is 3.07. The van der Waals surface area contributed by atoms with Crippen LogP contribution in [0.2, 0.25) is 5.02 Å². The van der Waals surface area contributed by atoms with Crippen molar-refractivity contribution in [1.82, 2.24) is 10.2 Å². The summed E-state index contributed by atoms with van der Waals surface area (Å²) in [6.45, 7) is 7.97. The molecule has 0 aromatic heterocycles. The number of carbonyl (C=O) groups is 1. The summed E-state index contributed by atoms with van der Waals surface area (Å²) < 4.78 is 13.6. The van der Waals surface area contributed by atoms with Gasteiger partial charge in [0.05, 0.1) is 5.56 Å². The van der Waals surface area contributed by atoms with Crippen molar-refractivity contribution in [2.45, 2.75) is 20.3 Å². The maximum absolute atomic E-state index is 13.6. The van der Waals surface area contributed by atoms with Gasteiger partial charge in [-0.15, -0.1) is 0 Å². The van der Waals surface area contributed by atoms with Gasteiger partial charge in [0.15, 0.2) is 0 Å². The molecule has 2 atom stereocenters. The Labute approximate surface area is 130 Å². The van der Waals surface area contributed by atoms with E-state index in [1.165, 1.54) is 18.6 Å². The van der Waals surface area contributed by atoms with Gasteiger partial charge in [0.1, 0.15) is 5.82 Å². The number of likely N-dealkylation sites (tertiary alicyclic amines) is 1. The first-order chi connectivity index (χ1) is 9.95. The van der Waals surface area contributed by atoms with Gasteiger partial charge in [0.25, 0.3) is 5.91 Å². The van der Waals surface area contributed by atoms with Gasteiger partial charge >= 0.3 is 0 Å². The zero-order chi connectivity index (χ0) is 15.4. The van der Waals surface area contributed by atoms with Crippen molar-refractivity contribution in [2.75, 3.05) is 26.2 Å². The second-order valence-electron chi connectivity index (χ2n) is 6.09.